The number of esters is 3. The van der Waals surface area contributed by atoms with Crippen LogP contribution in [0, 0.1) is 16.7 Å². The maximum absolute atomic E-state index is 15.0. The summed E-state index contributed by atoms with van der Waals surface area (Å²) in [4.78, 5) is 69.4. The Morgan fingerprint density at radius 1 is 0.948 bits per heavy atom. The van der Waals surface area contributed by atoms with Crippen molar-refractivity contribution in [2.24, 2.45) is 16.7 Å². The second kappa shape index (κ2) is 14.3. The van der Waals surface area contributed by atoms with Crippen LogP contribution in [0.15, 0.2) is 71.8 Å². The van der Waals surface area contributed by atoms with Crippen molar-refractivity contribution in [2.75, 3.05) is 6.61 Å². The Hall–Kier alpha value is -4.51. The molecule has 2 bridgehead atoms. The van der Waals surface area contributed by atoms with Crippen LogP contribution in [0.1, 0.15) is 83.3 Å². The van der Waals surface area contributed by atoms with Crippen molar-refractivity contribution in [3.05, 3.63) is 82.9 Å². The van der Waals surface area contributed by atoms with Crippen molar-refractivity contribution in [3.8, 4) is 0 Å². The average molecular weight is 806 g/mol. The molecule has 1 amide bonds. The van der Waals surface area contributed by atoms with E-state index in [2.05, 4.69) is 5.32 Å². The minimum Gasteiger partial charge on any atom is -0.456 e. The number of aliphatic hydroxyl groups excluding tert-OH is 3. The smallest absolute Gasteiger partial charge is 0.338 e. The molecule has 58 heavy (non-hydrogen) atoms. The van der Waals surface area contributed by atoms with E-state index in [4.69, 9.17) is 23.7 Å². The van der Waals surface area contributed by atoms with Crippen LogP contribution in [0.5, 0.6) is 0 Å². The van der Waals surface area contributed by atoms with Gasteiger partial charge in [0.2, 0.25) is 0 Å². The molecule has 5 aliphatic rings. The number of fused-ring (bicyclic) bond motifs is 5. The Labute approximate surface area is 335 Å². The number of ether oxygens (including phenoxy) is 5. The first kappa shape index (κ1) is 41.6. The number of hydrogen-bond acceptors (Lipinski definition) is 14. The van der Waals surface area contributed by atoms with Gasteiger partial charge in [0, 0.05) is 25.2 Å². The van der Waals surface area contributed by atoms with Crippen molar-refractivity contribution in [1.29, 1.82) is 0 Å². The standard InChI is InChI=1S/C43H51NO14/c1-21-26(55-37(51)32(48)30(24-14-10-8-11-15-24)44-38(52)41(7)22(2)57-41)19-43(53)35(56-36(50)25-16-12-9-13-17-25)33-40(6,34(49)31(47)29(21)39(43,4)5)27(46)18-28-42(33,20-54-28)58-23(3)45/h8-17,22,26-28,30-33,35,46-48,53H,18-20H2,1-7H3,(H,44,52)/t22?,26-,27-,28+,30-,31+,32+,33?,35?,40+,41?,42-,43+/m0/s1. The Bertz CT molecular complexity index is 2040. The van der Waals surface area contributed by atoms with Crippen LogP contribution >= 0.6 is 0 Å². The number of rotatable bonds is 9. The maximum Gasteiger partial charge on any atom is 0.338 e. The van der Waals surface area contributed by atoms with Gasteiger partial charge in [0.05, 0.1) is 41.8 Å². The number of benzene rings is 2. The molecule has 7 rings (SSSR count). The lowest BCUT2D eigenvalue weighted by Gasteiger charge is -2.67. The van der Waals surface area contributed by atoms with Crippen molar-refractivity contribution in [2.45, 2.75) is 127 Å². The quantitative estimate of drug-likeness (QED) is 0.106. The summed E-state index contributed by atoms with van der Waals surface area (Å²) in [6.45, 7) is 10.2. The molecule has 2 aliphatic heterocycles. The van der Waals surface area contributed by atoms with E-state index in [9.17, 15) is 44.4 Å². The first-order valence-electron chi connectivity index (χ1n) is 19.5. The number of ketones is 1. The van der Waals surface area contributed by atoms with Gasteiger partial charge >= 0.3 is 17.9 Å². The fraction of sp³-hybridized carbons (Fsp3) is 0.558. The van der Waals surface area contributed by atoms with Gasteiger partial charge in [-0.25, -0.2) is 9.59 Å². The van der Waals surface area contributed by atoms with E-state index in [1.165, 1.54) is 26.0 Å². The Kier molecular flexibility index (Phi) is 10.3. The normalized spacial score (nSPS) is 38.3. The lowest BCUT2D eigenvalue weighted by atomic mass is 9.44. The monoisotopic (exact) mass is 805 g/mol. The van der Waals surface area contributed by atoms with E-state index in [1.54, 1.807) is 76.2 Å². The summed E-state index contributed by atoms with van der Waals surface area (Å²) >= 11 is 0. The second-order valence-electron chi connectivity index (χ2n) is 17.3. The van der Waals surface area contributed by atoms with E-state index in [-0.39, 0.29) is 29.7 Å². The molecule has 2 heterocycles. The number of carbonyl (C=O) groups is 5. The predicted octanol–water partition coefficient (Wildman–Crippen LogP) is 2.03. The predicted molar refractivity (Wildman–Crippen MR) is 201 cm³/mol. The summed E-state index contributed by atoms with van der Waals surface area (Å²) in [7, 11) is 0. The Morgan fingerprint density at radius 2 is 1.55 bits per heavy atom. The summed E-state index contributed by atoms with van der Waals surface area (Å²) in [5.41, 5.74) is -8.32. The highest BCUT2D eigenvalue weighted by Gasteiger charge is 2.78. The Balaban J connectivity index is 1.34. The number of carbonyl (C=O) groups excluding carboxylic acids is 5. The van der Waals surface area contributed by atoms with Crippen molar-refractivity contribution >= 4 is 29.6 Å². The molecule has 4 unspecified atom stereocenters. The third-order valence-electron chi connectivity index (χ3n) is 13.8. The minimum atomic E-state index is -2.35. The zero-order valence-electron chi connectivity index (χ0n) is 33.5. The third kappa shape index (κ3) is 6.20. The van der Waals surface area contributed by atoms with Crippen LogP contribution in [-0.2, 0) is 42.9 Å². The Morgan fingerprint density at radius 3 is 2.10 bits per heavy atom. The van der Waals surface area contributed by atoms with Crippen molar-refractivity contribution in [3.63, 3.8) is 0 Å². The van der Waals surface area contributed by atoms with Gasteiger partial charge in [0.25, 0.3) is 5.91 Å². The number of amides is 1. The molecule has 0 aromatic heterocycles. The molecule has 2 aromatic carbocycles. The zero-order chi connectivity index (χ0) is 42.3. The lowest BCUT2D eigenvalue weighted by Crippen LogP contribution is -2.81. The lowest BCUT2D eigenvalue weighted by molar-refractivity contribution is -0.346. The number of epoxide rings is 1. The van der Waals surface area contributed by atoms with Gasteiger partial charge in [0.15, 0.2) is 23.1 Å². The molecule has 2 aromatic rings. The maximum atomic E-state index is 15.0. The molecule has 312 valence electrons. The molecule has 2 saturated carbocycles. The molecule has 13 atom stereocenters. The van der Waals surface area contributed by atoms with Crippen LogP contribution in [0.25, 0.3) is 0 Å². The number of aliphatic hydroxyl groups is 4. The molecule has 0 radical (unpaired) electrons. The van der Waals surface area contributed by atoms with Crippen molar-refractivity contribution in [1.82, 2.24) is 5.32 Å². The van der Waals surface area contributed by atoms with Crippen LogP contribution in [0.4, 0.5) is 0 Å². The van der Waals surface area contributed by atoms with Crippen LogP contribution in [-0.4, -0.2) is 116 Å². The van der Waals surface area contributed by atoms with Gasteiger partial charge in [-0.1, -0.05) is 62.4 Å². The van der Waals surface area contributed by atoms with E-state index >= 15 is 0 Å². The molecular weight excluding hydrogens is 754 g/mol. The van der Waals surface area contributed by atoms with Crippen LogP contribution < -0.4 is 5.32 Å². The van der Waals surface area contributed by atoms with Crippen LogP contribution in [0.2, 0.25) is 0 Å². The molecule has 3 aliphatic carbocycles. The second-order valence-corrected chi connectivity index (χ2v) is 17.3. The highest BCUT2D eigenvalue weighted by molar-refractivity contribution is 5.94. The highest BCUT2D eigenvalue weighted by Crippen LogP contribution is 2.64. The molecule has 15 heteroatoms. The van der Waals surface area contributed by atoms with Gasteiger partial charge < -0.3 is 49.4 Å². The summed E-state index contributed by atoms with van der Waals surface area (Å²) in [5.74, 6) is -5.89. The third-order valence-corrected chi connectivity index (χ3v) is 13.8. The molecular formula is C43H51NO14. The zero-order valence-corrected chi connectivity index (χ0v) is 33.5. The van der Waals surface area contributed by atoms with Gasteiger partial charge in [-0.2, -0.15) is 0 Å². The molecule has 15 nitrogen and oxygen atoms in total. The molecule has 4 fully saturated rings. The number of Topliss-reactive ketones (excluding diaryl/α,β-unsaturated/α-hetero) is 1. The first-order chi connectivity index (χ1) is 27.1. The van der Waals surface area contributed by atoms with E-state index in [0.29, 0.717) is 5.56 Å². The minimum absolute atomic E-state index is 0.0552. The van der Waals surface area contributed by atoms with E-state index in [0.717, 1.165) is 6.92 Å². The van der Waals surface area contributed by atoms with Crippen molar-refractivity contribution < 1.29 is 68.1 Å². The molecule has 5 N–H and O–H groups in total. The summed E-state index contributed by atoms with van der Waals surface area (Å²) in [6.07, 6.45) is -10.9. The fourth-order valence-electron chi connectivity index (χ4n) is 9.98. The first-order valence-corrected chi connectivity index (χ1v) is 19.5. The molecule has 2 saturated heterocycles. The average Bonchev–Trinajstić information content (AvgIpc) is 3.81. The summed E-state index contributed by atoms with van der Waals surface area (Å²) in [5, 5.41) is 51.8. The fourth-order valence-corrected chi connectivity index (χ4v) is 9.98. The van der Waals surface area contributed by atoms with Gasteiger partial charge in [-0.05, 0) is 56.5 Å². The van der Waals surface area contributed by atoms with Gasteiger partial charge in [0.1, 0.15) is 30.0 Å². The van der Waals surface area contributed by atoms with Gasteiger partial charge in [-0.3, -0.25) is 14.4 Å². The summed E-state index contributed by atoms with van der Waals surface area (Å²) < 4.78 is 29.6. The van der Waals surface area contributed by atoms with E-state index < -0.39 is 118 Å². The summed E-state index contributed by atoms with van der Waals surface area (Å²) in [6, 6.07) is 14.8. The molecule has 0 spiro atoms. The van der Waals surface area contributed by atoms with E-state index in [1.807, 2.05) is 0 Å². The highest BCUT2D eigenvalue weighted by atomic mass is 16.6. The number of hydrogen-bond donors (Lipinski definition) is 5. The largest absolute Gasteiger partial charge is 0.456 e. The van der Waals surface area contributed by atoms with Gasteiger partial charge in [-0.15, -0.1) is 0 Å². The topological polar surface area (TPSA) is 228 Å². The number of nitrogens with one attached hydrogen (secondary N) is 1. The van der Waals surface area contributed by atoms with Crippen LogP contribution in [0.3, 0.4) is 0 Å². The SMILES string of the molecule is CC(=O)O[C@@]12CO[C@@H]1C[C@H](O)[C@@]1(C)C(=O)[C@H](O)C3=C(C)[C@@H](OC(=O)[C@H](O)[C@@H](NC(=O)C4(C)OC4C)c4ccccc4)C[C@@](O)(C(OC(=O)c4ccccc4)C12)C3(C)C.